The van der Waals surface area contributed by atoms with Crippen LogP contribution in [0.2, 0.25) is 5.02 Å². The van der Waals surface area contributed by atoms with Crippen molar-refractivity contribution < 1.29 is 18.0 Å². The molecule has 1 heterocycles. The van der Waals surface area contributed by atoms with E-state index in [1.165, 1.54) is 6.07 Å². The first kappa shape index (κ1) is 12.6. The Balaban J connectivity index is 2.52. The number of aromatic amines is 1. The molecule has 2 aromatic rings. The number of nitrogens with one attached hydrogen (secondary N) is 1. The maximum atomic E-state index is 12.6. The summed E-state index contributed by atoms with van der Waals surface area (Å²) in [4.78, 5) is 10.5. The van der Waals surface area contributed by atoms with Gasteiger partial charge >= 0.3 is 6.18 Å². The van der Waals surface area contributed by atoms with Gasteiger partial charge in [0, 0.05) is 5.56 Å². The molecule has 0 atom stereocenters. The summed E-state index contributed by atoms with van der Waals surface area (Å²) in [6, 6.07) is 4.26. The van der Waals surface area contributed by atoms with Crippen molar-refractivity contribution in [2.24, 2.45) is 0 Å². The number of alkyl halides is 3. The molecule has 0 bridgehead atoms. The highest BCUT2D eigenvalue weighted by Crippen LogP contribution is 2.35. The van der Waals surface area contributed by atoms with Gasteiger partial charge in [0.25, 0.3) is 0 Å². The van der Waals surface area contributed by atoms with Gasteiger partial charge in [-0.1, -0.05) is 11.6 Å². The van der Waals surface area contributed by atoms with E-state index in [2.05, 4.69) is 10.2 Å². The Kier molecular flexibility index (Phi) is 3.13. The first-order valence-electron chi connectivity index (χ1n) is 4.79. The lowest BCUT2D eigenvalue weighted by Crippen LogP contribution is -2.04. The van der Waals surface area contributed by atoms with E-state index < -0.39 is 11.7 Å². The Hall–Kier alpha value is -1.82. The van der Waals surface area contributed by atoms with E-state index in [0.717, 1.165) is 18.2 Å². The van der Waals surface area contributed by atoms with Crippen molar-refractivity contribution in [1.82, 2.24) is 10.2 Å². The van der Waals surface area contributed by atoms with E-state index in [0.29, 0.717) is 6.29 Å². The van der Waals surface area contributed by atoms with Crippen molar-refractivity contribution in [2.75, 3.05) is 0 Å². The second-order valence-electron chi connectivity index (χ2n) is 3.52. The molecule has 2 rings (SSSR count). The molecule has 1 aromatic heterocycles. The molecule has 0 aliphatic heterocycles. The number of aromatic nitrogens is 2. The number of hydrogen-bond donors (Lipinski definition) is 1. The van der Waals surface area contributed by atoms with Crippen LogP contribution in [0.1, 0.15) is 16.1 Å². The average molecular weight is 275 g/mol. The second-order valence-corrected chi connectivity index (χ2v) is 3.93. The van der Waals surface area contributed by atoms with Crippen LogP contribution in [-0.2, 0) is 6.18 Å². The van der Waals surface area contributed by atoms with Crippen molar-refractivity contribution in [1.29, 1.82) is 0 Å². The molecule has 1 aromatic carbocycles. The summed E-state index contributed by atoms with van der Waals surface area (Å²) in [6.45, 7) is 0. The minimum atomic E-state index is -4.46. The lowest BCUT2D eigenvalue weighted by atomic mass is 10.1. The molecule has 0 spiro atoms. The number of carbonyl (C=O) groups excluding carboxylic acids is 1. The summed E-state index contributed by atoms with van der Waals surface area (Å²) in [5, 5.41) is 6.25. The molecule has 1 N–H and O–H groups in total. The molecule has 0 amide bonds. The summed E-state index contributed by atoms with van der Waals surface area (Å²) >= 11 is 5.82. The minimum absolute atomic E-state index is 0.121. The molecule has 0 unspecified atom stereocenters. The lowest BCUT2D eigenvalue weighted by molar-refractivity contribution is -0.137. The summed E-state index contributed by atoms with van der Waals surface area (Å²) < 4.78 is 37.7. The van der Waals surface area contributed by atoms with E-state index in [4.69, 9.17) is 11.6 Å². The first-order valence-corrected chi connectivity index (χ1v) is 5.17. The smallest absolute Gasteiger partial charge is 0.296 e. The molecule has 0 saturated carbocycles. The molecule has 7 heteroatoms. The topological polar surface area (TPSA) is 45.8 Å². The van der Waals surface area contributed by atoms with Crippen LogP contribution in [0.15, 0.2) is 24.3 Å². The van der Waals surface area contributed by atoms with Crippen molar-refractivity contribution in [3.63, 3.8) is 0 Å². The first-order chi connectivity index (χ1) is 8.41. The monoisotopic (exact) mass is 274 g/mol. The van der Waals surface area contributed by atoms with E-state index in [-0.39, 0.29) is 22.0 Å². The van der Waals surface area contributed by atoms with Gasteiger partial charge in [0.05, 0.1) is 22.0 Å². The Morgan fingerprint density at radius 3 is 2.56 bits per heavy atom. The molecule has 0 fully saturated rings. The third-order valence-corrected chi connectivity index (χ3v) is 2.62. The van der Waals surface area contributed by atoms with Crippen molar-refractivity contribution in [3.8, 4) is 11.3 Å². The minimum Gasteiger partial charge on any atom is -0.296 e. The van der Waals surface area contributed by atoms with E-state index in [9.17, 15) is 18.0 Å². The predicted octanol–water partition coefficient (Wildman–Crippen LogP) is 3.56. The largest absolute Gasteiger partial charge is 0.416 e. The van der Waals surface area contributed by atoms with Gasteiger partial charge in [-0.15, -0.1) is 0 Å². The van der Waals surface area contributed by atoms with Crippen LogP contribution in [0, 0.1) is 0 Å². The zero-order valence-corrected chi connectivity index (χ0v) is 9.51. The summed E-state index contributed by atoms with van der Waals surface area (Å²) in [7, 11) is 0. The van der Waals surface area contributed by atoms with Gasteiger partial charge in [-0.2, -0.15) is 18.3 Å². The number of rotatable bonds is 2. The van der Waals surface area contributed by atoms with E-state index >= 15 is 0 Å². The fourth-order valence-electron chi connectivity index (χ4n) is 1.43. The Labute approximate surface area is 105 Å². The normalized spacial score (nSPS) is 11.6. The Bertz CT molecular complexity index is 592. The highest BCUT2D eigenvalue weighted by atomic mass is 35.5. The standard InChI is InChI=1S/C11H6ClF3N2O/c12-9-2-1-6(11(13,14)15)3-8(9)10-4-7(5-18)16-17-10/h1-5H,(H,16,17). The summed E-state index contributed by atoms with van der Waals surface area (Å²) in [5.74, 6) is 0. The van der Waals surface area contributed by atoms with Crippen LogP contribution in [0.3, 0.4) is 0 Å². The molecule has 0 radical (unpaired) electrons. The average Bonchev–Trinajstić information content (AvgIpc) is 2.76. The van der Waals surface area contributed by atoms with Crippen LogP contribution in [-0.4, -0.2) is 16.5 Å². The molecule has 0 aliphatic carbocycles. The number of benzene rings is 1. The van der Waals surface area contributed by atoms with Gasteiger partial charge in [0.15, 0.2) is 6.29 Å². The fraction of sp³-hybridized carbons (Fsp3) is 0.0909. The second kappa shape index (κ2) is 4.45. The molecule has 0 saturated heterocycles. The number of hydrogen-bond acceptors (Lipinski definition) is 2. The van der Waals surface area contributed by atoms with Gasteiger partial charge in [-0.05, 0) is 24.3 Å². The molecular formula is C11H6ClF3N2O. The summed E-state index contributed by atoms with van der Waals surface area (Å²) in [5.41, 5.74) is -0.347. The van der Waals surface area contributed by atoms with Crippen LogP contribution in [0.5, 0.6) is 0 Å². The maximum Gasteiger partial charge on any atom is 0.416 e. The van der Waals surface area contributed by atoms with Crippen LogP contribution in [0.4, 0.5) is 13.2 Å². The molecule has 94 valence electrons. The number of aldehydes is 1. The third kappa shape index (κ3) is 2.38. The predicted molar refractivity (Wildman–Crippen MR) is 59.4 cm³/mol. The number of H-pyrrole nitrogens is 1. The highest BCUT2D eigenvalue weighted by Gasteiger charge is 2.31. The van der Waals surface area contributed by atoms with Gasteiger partial charge in [-0.3, -0.25) is 9.89 Å². The Morgan fingerprint density at radius 2 is 2.00 bits per heavy atom. The van der Waals surface area contributed by atoms with Gasteiger partial charge in [0.1, 0.15) is 0 Å². The van der Waals surface area contributed by atoms with Crippen molar-refractivity contribution in [2.45, 2.75) is 6.18 Å². The van der Waals surface area contributed by atoms with E-state index in [1.54, 1.807) is 0 Å². The molecule has 3 nitrogen and oxygen atoms in total. The SMILES string of the molecule is O=Cc1cc(-c2cc(C(F)(F)F)ccc2Cl)n[nH]1. The van der Waals surface area contributed by atoms with Crippen LogP contribution in [0.25, 0.3) is 11.3 Å². The lowest BCUT2D eigenvalue weighted by Gasteiger charge is -2.08. The number of carbonyl (C=O) groups is 1. The number of nitrogens with zero attached hydrogens (tertiary/aromatic N) is 1. The zero-order chi connectivity index (χ0) is 13.3. The fourth-order valence-corrected chi connectivity index (χ4v) is 1.65. The molecular weight excluding hydrogens is 269 g/mol. The number of halogens is 4. The van der Waals surface area contributed by atoms with Crippen molar-refractivity contribution >= 4 is 17.9 Å². The van der Waals surface area contributed by atoms with Gasteiger partial charge in [0.2, 0.25) is 0 Å². The van der Waals surface area contributed by atoms with Gasteiger partial charge < -0.3 is 0 Å². The highest BCUT2D eigenvalue weighted by molar-refractivity contribution is 6.33. The quantitative estimate of drug-likeness (QED) is 0.851. The van der Waals surface area contributed by atoms with Crippen LogP contribution >= 0.6 is 11.6 Å². The van der Waals surface area contributed by atoms with Gasteiger partial charge in [-0.25, -0.2) is 0 Å². The van der Waals surface area contributed by atoms with E-state index in [1.807, 2.05) is 0 Å². The Morgan fingerprint density at radius 1 is 1.28 bits per heavy atom. The van der Waals surface area contributed by atoms with Crippen LogP contribution < -0.4 is 0 Å². The maximum absolute atomic E-state index is 12.6. The third-order valence-electron chi connectivity index (χ3n) is 2.29. The molecule has 0 aliphatic rings. The summed E-state index contributed by atoms with van der Waals surface area (Å²) in [6.07, 6.45) is -3.94. The zero-order valence-electron chi connectivity index (χ0n) is 8.75. The molecule has 18 heavy (non-hydrogen) atoms. The van der Waals surface area contributed by atoms with Crippen molar-refractivity contribution in [3.05, 3.63) is 40.5 Å².